The van der Waals surface area contributed by atoms with Gasteiger partial charge in [0, 0.05) is 43.0 Å². The van der Waals surface area contributed by atoms with Gasteiger partial charge in [0.1, 0.15) is 17.3 Å². The number of nitrogens with one attached hydrogen (secondary N) is 1. The van der Waals surface area contributed by atoms with E-state index in [1.54, 1.807) is 19.9 Å². The maximum absolute atomic E-state index is 15.0. The summed E-state index contributed by atoms with van der Waals surface area (Å²) in [7, 11) is 1.23. The highest BCUT2D eigenvalue weighted by atomic mass is 19.1. The molecule has 2 aromatic rings. The number of ketones is 1. The lowest BCUT2D eigenvalue weighted by atomic mass is 9.93. The van der Waals surface area contributed by atoms with Crippen LogP contribution in [0.4, 0.5) is 4.39 Å². The van der Waals surface area contributed by atoms with Crippen LogP contribution < -0.4 is 0 Å². The van der Waals surface area contributed by atoms with Gasteiger partial charge in [0.25, 0.3) is 11.7 Å². The van der Waals surface area contributed by atoms with Crippen LogP contribution in [0.2, 0.25) is 0 Å². The Morgan fingerprint density at radius 3 is 2.56 bits per heavy atom. The highest BCUT2D eigenvalue weighted by molar-refractivity contribution is 6.46. The summed E-state index contributed by atoms with van der Waals surface area (Å²) in [4.78, 5) is 45.0. The van der Waals surface area contributed by atoms with Gasteiger partial charge in [0.05, 0.1) is 31.9 Å². The summed E-state index contributed by atoms with van der Waals surface area (Å²) in [6.45, 7) is 6.97. The van der Waals surface area contributed by atoms with E-state index in [1.165, 1.54) is 30.2 Å². The zero-order valence-corrected chi connectivity index (χ0v) is 20.6. The number of aliphatic hydroxyl groups is 1. The van der Waals surface area contributed by atoms with Gasteiger partial charge < -0.3 is 24.5 Å². The number of benzene rings is 1. The molecule has 0 saturated carbocycles. The zero-order chi connectivity index (χ0) is 26.0. The first-order chi connectivity index (χ1) is 17.3. The molecule has 2 aliphatic rings. The molecule has 1 atom stereocenters. The second-order valence-corrected chi connectivity index (χ2v) is 8.94. The number of methoxy groups -OCH3 is 1. The lowest BCUT2D eigenvalue weighted by molar-refractivity contribution is -0.140. The predicted octanol–water partition coefficient (Wildman–Crippen LogP) is 2.70. The molecule has 0 bridgehead atoms. The van der Waals surface area contributed by atoms with Crippen molar-refractivity contribution in [2.24, 2.45) is 0 Å². The minimum Gasteiger partial charge on any atom is -0.507 e. The SMILES string of the molecule is COC(=O)c1[nH]c(C)c(/C(O)=C2/C(=O)C(=O)N(CCCN3CCOCC3)C2c2ccccc2F)c1C. The number of amides is 1. The Morgan fingerprint density at radius 1 is 1.19 bits per heavy atom. The fourth-order valence-electron chi connectivity index (χ4n) is 4.97. The van der Waals surface area contributed by atoms with Crippen LogP contribution in [-0.4, -0.2) is 84.1 Å². The van der Waals surface area contributed by atoms with Gasteiger partial charge in [-0.15, -0.1) is 0 Å². The number of esters is 1. The number of aliphatic hydroxyl groups excluding tert-OH is 1. The highest BCUT2D eigenvalue weighted by Crippen LogP contribution is 2.41. The van der Waals surface area contributed by atoms with E-state index in [2.05, 4.69) is 9.88 Å². The number of ether oxygens (including phenoxy) is 2. The summed E-state index contributed by atoms with van der Waals surface area (Å²) < 4.78 is 25.1. The standard InChI is InChI=1S/C26H30FN3O6/c1-15-19(16(2)28-21(15)26(34)35-3)23(31)20-22(17-7-4-5-8-18(17)27)30(25(33)24(20)32)10-6-9-29-11-13-36-14-12-29/h4-5,7-8,22,28,31H,6,9-14H2,1-3H3/b23-20-. The van der Waals surface area contributed by atoms with E-state index < -0.39 is 35.3 Å². The van der Waals surface area contributed by atoms with Crippen molar-refractivity contribution in [2.75, 3.05) is 46.5 Å². The van der Waals surface area contributed by atoms with E-state index >= 15 is 0 Å². The van der Waals surface area contributed by atoms with E-state index in [0.29, 0.717) is 37.4 Å². The Labute approximate surface area is 208 Å². The lowest BCUT2D eigenvalue weighted by Gasteiger charge is -2.29. The van der Waals surface area contributed by atoms with E-state index in [0.717, 1.165) is 13.1 Å². The molecule has 1 amide bonds. The summed E-state index contributed by atoms with van der Waals surface area (Å²) in [5, 5.41) is 11.4. The molecule has 1 aromatic carbocycles. The van der Waals surface area contributed by atoms with Crippen LogP contribution in [0.5, 0.6) is 0 Å². The maximum atomic E-state index is 15.0. The van der Waals surface area contributed by atoms with Crippen molar-refractivity contribution in [3.63, 3.8) is 0 Å². The molecule has 4 rings (SSSR count). The van der Waals surface area contributed by atoms with Crippen LogP contribution >= 0.6 is 0 Å². The first kappa shape index (κ1) is 25.6. The third-order valence-corrected chi connectivity index (χ3v) is 6.78. The van der Waals surface area contributed by atoms with E-state index in [9.17, 15) is 23.9 Å². The first-order valence-electron chi connectivity index (χ1n) is 11.9. The van der Waals surface area contributed by atoms with Crippen LogP contribution in [0.25, 0.3) is 5.76 Å². The zero-order valence-electron chi connectivity index (χ0n) is 20.6. The Morgan fingerprint density at radius 2 is 1.89 bits per heavy atom. The number of Topliss-reactive ketones (excluding diaryl/α,β-unsaturated/α-hetero) is 1. The predicted molar refractivity (Wildman–Crippen MR) is 129 cm³/mol. The molecule has 192 valence electrons. The Balaban J connectivity index is 1.76. The number of likely N-dealkylation sites (tertiary alicyclic amines) is 1. The molecule has 0 radical (unpaired) electrons. The van der Waals surface area contributed by atoms with Crippen molar-refractivity contribution < 1.29 is 33.4 Å². The molecule has 10 heteroatoms. The monoisotopic (exact) mass is 499 g/mol. The van der Waals surface area contributed by atoms with Crippen molar-refractivity contribution in [2.45, 2.75) is 26.3 Å². The minimum atomic E-state index is -1.11. The largest absolute Gasteiger partial charge is 0.507 e. The lowest BCUT2D eigenvalue weighted by Crippen LogP contribution is -2.39. The molecule has 2 saturated heterocycles. The van der Waals surface area contributed by atoms with Crippen molar-refractivity contribution in [1.29, 1.82) is 0 Å². The highest BCUT2D eigenvalue weighted by Gasteiger charge is 2.47. The number of nitrogens with zero attached hydrogens (tertiary/aromatic N) is 2. The van der Waals surface area contributed by atoms with Gasteiger partial charge in [-0.05, 0) is 31.9 Å². The summed E-state index contributed by atoms with van der Waals surface area (Å²) >= 11 is 0. The van der Waals surface area contributed by atoms with Gasteiger partial charge in [-0.25, -0.2) is 9.18 Å². The van der Waals surface area contributed by atoms with Crippen LogP contribution in [0.3, 0.4) is 0 Å². The average Bonchev–Trinajstić information content (AvgIpc) is 3.31. The number of halogens is 1. The summed E-state index contributed by atoms with van der Waals surface area (Å²) in [5.41, 5.74) is 1.02. The molecule has 0 spiro atoms. The second kappa shape index (κ2) is 10.6. The fraction of sp³-hybridized carbons (Fsp3) is 0.423. The van der Waals surface area contributed by atoms with E-state index in [-0.39, 0.29) is 28.9 Å². The quantitative estimate of drug-likeness (QED) is 0.261. The van der Waals surface area contributed by atoms with Gasteiger partial charge in [-0.2, -0.15) is 0 Å². The van der Waals surface area contributed by atoms with Crippen molar-refractivity contribution in [3.8, 4) is 0 Å². The Bertz CT molecular complexity index is 1210. The summed E-state index contributed by atoms with van der Waals surface area (Å²) in [6, 6.07) is 4.79. The topological polar surface area (TPSA) is 112 Å². The average molecular weight is 500 g/mol. The third kappa shape index (κ3) is 4.66. The molecular weight excluding hydrogens is 469 g/mol. The number of aromatic amines is 1. The number of carbonyl (C=O) groups is 3. The number of rotatable bonds is 7. The molecule has 2 aliphatic heterocycles. The van der Waals surface area contributed by atoms with E-state index in [4.69, 9.17) is 9.47 Å². The number of aryl methyl sites for hydroxylation is 1. The van der Waals surface area contributed by atoms with Crippen LogP contribution in [-0.2, 0) is 19.1 Å². The molecule has 0 aliphatic carbocycles. The van der Waals surface area contributed by atoms with Crippen molar-refractivity contribution >= 4 is 23.4 Å². The molecule has 1 aromatic heterocycles. The number of hydrogen-bond donors (Lipinski definition) is 2. The van der Waals surface area contributed by atoms with Gasteiger partial charge in [-0.1, -0.05) is 18.2 Å². The summed E-state index contributed by atoms with van der Waals surface area (Å²) in [5.74, 6) is -3.38. The number of aromatic nitrogens is 1. The second-order valence-electron chi connectivity index (χ2n) is 8.94. The molecule has 9 nitrogen and oxygen atoms in total. The van der Waals surface area contributed by atoms with Gasteiger partial charge >= 0.3 is 5.97 Å². The maximum Gasteiger partial charge on any atom is 0.354 e. The van der Waals surface area contributed by atoms with Crippen molar-refractivity contribution in [1.82, 2.24) is 14.8 Å². The van der Waals surface area contributed by atoms with Crippen LogP contribution in [0, 0.1) is 19.7 Å². The molecule has 2 N–H and O–H groups in total. The number of morpholine rings is 1. The van der Waals surface area contributed by atoms with Gasteiger partial charge in [0.15, 0.2) is 0 Å². The normalized spacial score (nSPS) is 20.2. The molecule has 1 unspecified atom stereocenters. The number of carbonyl (C=O) groups excluding carboxylic acids is 3. The third-order valence-electron chi connectivity index (χ3n) is 6.78. The number of hydrogen-bond acceptors (Lipinski definition) is 7. The fourth-order valence-corrected chi connectivity index (χ4v) is 4.97. The molecule has 36 heavy (non-hydrogen) atoms. The molecule has 2 fully saturated rings. The smallest absolute Gasteiger partial charge is 0.354 e. The van der Waals surface area contributed by atoms with Crippen molar-refractivity contribution in [3.05, 3.63) is 63.7 Å². The number of H-pyrrole nitrogens is 1. The first-order valence-corrected chi connectivity index (χ1v) is 11.9. The van der Waals surface area contributed by atoms with E-state index in [1.807, 2.05) is 0 Å². The Hall–Kier alpha value is -3.50. The minimum absolute atomic E-state index is 0.114. The summed E-state index contributed by atoms with van der Waals surface area (Å²) in [6.07, 6.45) is 0.562. The van der Waals surface area contributed by atoms with Gasteiger partial charge in [-0.3, -0.25) is 14.5 Å². The Kier molecular flexibility index (Phi) is 7.56. The molecule has 3 heterocycles. The van der Waals surface area contributed by atoms with Gasteiger partial charge in [0.2, 0.25) is 0 Å². The van der Waals surface area contributed by atoms with Crippen LogP contribution in [0.1, 0.15) is 45.3 Å². The van der Waals surface area contributed by atoms with Crippen LogP contribution in [0.15, 0.2) is 29.8 Å². The molecular formula is C26H30FN3O6.